The third-order valence-electron chi connectivity index (χ3n) is 4.95. The summed E-state index contributed by atoms with van der Waals surface area (Å²) in [7, 11) is 0. The van der Waals surface area contributed by atoms with E-state index in [9.17, 15) is 14.4 Å². The van der Waals surface area contributed by atoms with E-state index >= 15 is 0 Å². The van der Waals surface area contributed by atoms with Gasteiger partial charge in [-0.15, -0.1) is 0 Å². The molecule has 7 heteroatoms. The van der Waals surface area contributed by atoms with Crippen LogP contribution in [0.2, 0.25) is 10.0 Å². The number of hydrogen-bond acceptors (Lipinski definition) is 3. The number of nitrogens with zero attached hydrogens (tertiary/aromatic N) is 2. The van der Waals surface area contributed by atoms with Crippen molar-refractivity contribution in [2.45, 2.75) is 19.4 Å². The average molecular weight is 403 g/mol. The first kappa shape index (κ1) is 18.0. The molecule has 138 valence electrons. The molecule has 2 aromatic rings. The Morgan fingerprint density at radius 3 is 1.93 bits per heavy atom. The van der Waals surface area contributed by atoms with Crippen molar-refractivity contribution in [1.29, 1.82) is 0 Å². The molecule has 0 atom stereocenters. The van der Waals surface area contributed by atoms with E-state index in [1.165, 1.54) is 12.1 Å². The number of carbonyl (C=O) groups is 3. The van der Waals surface area contributed by atoms with Gasteiger partial charge in [-0.3, -0.25) is 19.3 Å². The highest BCUT2D eigenvalue weighted by Gasteiger charge is 2.36. The van der Waals surface area contributed by atoms with Crippen LogP contribution in [0, 0.1) is 0 Å². The van der Waals surface area contributed by atoms with Gasteiger partial charge in [0.1, 0.15) is 0 Å². The number of amides is 3. The van der Waals surface area contributed by atoms with Crippen LogP contribution in [-0.4, -0.2) is 40.6 Å². The molecule has 0 radical (unpaired) electrons. The monoisotopic (exact) mass is 402 g/mol. The fourth-order valence-electron chi connectivity index (χ4n) is 3.47. The van der Waals surface area contributed by atoms with Crippen LogP contribution in [0.4, 0.5) is 0 Å². The molecule has 0 unspecified atom stereocenters. The van der Waals surface area contributed by atoms with Crippen LogP contribution in [0.3, 0.4) is 0 Å². The molecule has 3 amide bonds. The number of fused-ring (bicyclic) bond motifs is 1. The summed E-state index contributed by atoms with van der Waals surface area (Å²) >= 11 is 11.9. The van der Waals surface area contributed by atoms with Crippen molar-refractivity contribution in [3.05, 3.63) is 68.7 Å². The normalized spacial score (nSPS) is 16.2. The van der Waals surface area contributed by atoms with Crippen molar-refractivity contribution in [1.82, 2.24) is 9.80 Å². The minimum Gasteiger partial charge on any atom is -0.339 e. The van der Waals surface area contributed by atoms with Gasteiger partial charge in [0.15, 0.2) is 0 Å². The Balaban J connectivity index is 1.52. The molecular formula is C20H16Cl2N2O3. The van der Waals surface area contributed by atoms with Crippen molar-refractivity contribution in [3.8, 4) is 0 Å². The van der Waals surface area contributed by atoms with E-state index < -0.39 is 11.8 Å². The lowest BCUT2D eigenvalue weighted by Crippen LogP contribution is -2.29. The van der Waals surface area contributed by atoms with Crippen molar-refractivity contribution in [3.63, 3.8) is 0 Å². The summed E-state index contributed by atoms with van der Waals surface area (Å²) in [6.45, 7) is 1.71. The standard InChI is InChI=1S/C20H16Cl2N2O3/c21-16-9-14-15(10-17(16)22)20(27)24(19(14)26)11-12-3-5-13(6-4-12)18(25)23-7-1-2-8-23/h3-6,9-10H,1-2,7-8,11H2. The smallest absolute Gasteiger partial charge is 0.261 e. The Morgan fingerprint density at radius 2 is 1.41 bits per heavy atom. The predicted molar refractivity (Wildman–Crippen MR) is 102 cm³/mol. The number of rotatable bonds is 3. The van der Waals surface area contributed by atoms with E-state index in [1.54, 1.807) is 24.3 Å². The van der Waals surface area contributed by atoms with Crippen LogP contribution in [0.15, 0.2) is 36.4 Å². The maximum Gasteiger partial charge on any atom is 0.261 e. The number of likely N-dealkylation sites (tertiary alicyclic amines) is 1. The number of imide groups is 1. The van der Waals surface area contributed by atoms with E-state index in [1.807, 2.05) is 4.90 Å². The van der Waals surface area contributed by atoms with E-state index in [0.717, 1.165) is 36.4 Å². The van der Waals surface area contributed by atoms with Crippen LogP contribution in [0.5, 0.6) is 0 Å². The molecular weight excluding hydrogens is 387 g/mol. The first-order chi connectivity index (χ1) is 13.0. The lowest BCUT2D eigenvalue weighted by molar-refractivity contribution is 0.0641. The summed E-state index contributed by atoms with van der Waals surface area (Å²) in [6.07, 6.45) is 2.08. The Bertz CT molecular complexity index is 909. The lowest BCUT2D eigenvalue weighted by Gasteiger charge is -2.16. The van der Waals surface area contributed by atoms with Gasteiger partial charge >= 0.3 is 0 Å². The Morgan fingerprint density at radius 1 is 0.889 bits per heavy atom. The van der Waals surface area contributed by atoms with Gasteiger partial charge < -0.3 is 4.90 Å². The quantitative estimate of drug-likeness (QED) is 0.728. The molecule has 0 aliphatic carbocycles. The summed E-state index contributed by atoms with van der Waals surface area (Å²) in [5, 5.41) is 0.478. The molecule has 27 heavy (non-hydrogen) atoms. The minimum atomic E-state index is -0.397. The van der Waals surface area contributed by atoms with Crippen LogP contribution < -0.4 is 0 Å². The number of halogens is 2. The van der Waals surface area contributed by atoms with Crippen LogP contribution in [0.1, 0.15) is 49.5 Å². The van der Waals surface area contributed by atoms with Gasteiger partial charge in [-0.25, -0.2) is 0 Å². The third-order valence-corrected chi connectivity index (χ3v) is 5.67. The number of carbonyl (C=O) groups excluding carboxylic acids is 3. The number of hydrogen-bond donors (Lipinski definition) is 0. The lowest BCUT2D eigenvalue weighted by atomic mass is 10.1. The molecule has 1 fully saturated rings. The number of benzene rings is 2. The highest BCUT2D eigenvalue weighted by molar-refractivity contribution is 6.43. The average Bonchev–Trinajstić information content (AvgIpc) is 3.27. The molecule has 2 aromatic carbocycles. The molecule has 0 bridgehead atoms. The summed E-state index contributed by atoms with van der Waals surface area (Å²) in [5.74, 6) is -0.777. The van der Waals surface area contributed by atoms with Gasteiger partial charge in [0.2, 0.25) is 0 Å². The van der Waals surface area contributed by atoms with Crippen LogP contribution in [-0.2, 0) is 6.54 Å². The third kappa shape index (κ3) is 3.22. The Labute approximate surface area is 166 Å². The van der Waals surface area contributed by atoms with E-state index in [0.29, 0.717) is 5.56 Å². The largest absolute Gasteiger partial charge is 0.339 e. The SMILES string of the molecule is O=C(c1ccc(CN2C(=O)c3cc(Cl)c(Cl)cc3C2=O)cc1)N1CCCC1. The van der Waals surface area contributed by atoms with Crippen molar-refractivity contribution < 1.29 is 14.4 Å². The van der Waals surface area contributed by atoms with Crippen LogP contribution in [0.25, 0.3) is 0 Å². The van der Waals surface area contributed by atoms with Gasteiger partial charge in [0.05, 0.1) is 27.7 Å². The second-order valence-electron chi connectivity index (χ2n) is 6.70. The predicted octanol–water partition coefficient (Wildman–Crippen LogP) is 4.03. The van der Waals surface area contributed by atoms with Gasteiger partial charge in [0.25, 0.3) is 17.7 Å². The second-order valence-corrected chi connectivity index (χ2v) is 7.52. The van der Waals surface area contributed by atoms with Crippen molar-refractivity contribution >= 4 is 40.9 Å². The summed E-state index contributed by atoms with van der Waals surface area (Å²) < 4.78 is 0. The van der Waals surface area contributed by atoms with Crippen molar-refractivity contribution in [2.75, 3.05) is 13.1 Å². The van der Waals surface area contributed by atoms with Gasteiger partial charge in [-0.05, 0) is 42.7 Å². The fourth-order valence-corrected chi connectivity index (χ4v) is 3.79. The molecule has 2 heterocycles. The fraction of sp³-hybridized carbons (Fsp3) is 0.250. The van der Waals surface area contributed by atoms with Crippen LogP contribution >= 0.6 is 23.2 Å². The summed E-state index contributed by atoms with van der Waals surface area (Å²) in [4.78, 5) is 40.5. The molecule has 0 saturated carbocycles. The minimum absolute atomic E-state index is 0.0177. The van der Waals surface area contributed by atoms with E-state index in [2.05, 4.69) is 0 Å². The maximum atomic E-state index is 12.6. The summed E-state index contributed by atoms with van der Waals surface area (Å²) in [5.41, 5.74) is 1.90. The molecule has 0 spiro atoms. The molecule has 2 aliphatic heterocycles. The maximum absolute atomic E-state index is 12.6. The topological polar surface area (TPSA) is 57.7 Å². The first-order valence-electron chi connectivity index (χ1n) is 8.69. The van der Waals surface area contributed by atoms with E-state index in [4.69, 9.17) is 23.2 Å². The highest BCUT2D eigenvalue weighted by atomic mass is 35.5. The highest BCUT2D eigenvalue weighted by Crippen LogP contribution is 2.32. The second kappa shape index (κ2) is 6.98. The van der Waals surface area contributed by atoms with Gasteiger partial charge in [-0.2, -0.15) is 0 Å². The molecule has 0 aromatic heterocycles. The summed E-state index contributed by atoms with van der Waals surface area (Å²) in [6, 6.07) is 9.87. The molecule has 1 saturated heterocycles. The molecule has 0 N–H and O–H groups in total. The molecule has 5 nitrogen and oxygen atoms in total. The zero-order chi connectivity index (χ0) is 19.1. The molecule has 2 aliphatic rings. The van der Waals surface area contributed by atoms with Gasteiger partial charge in [-0.1, -0.05) is 35.3 Å². The van der Waals surface area contributed by atoms with Gasteiger partial charge in [0, 0.05) is 18.7 Å². The van der Waals surface area contributed by atoms with E-state index in [-0.39, 0.29) is 33.6 Å². The van der Waals surface area contributed by atoms with Crippen molar-refractivity contribution in [2.24, 2.45) is 0 Å². The zero-order valence-electron chi connectivity index (χ0n) is 14.4. The first-order valence-corrected chi connectivity index (χ1v) is 9.45. The zero-order valence-corrected chi connectivity index (χ0v) is 15.9. The Hall–Kier alpha value is -2.37. The molecule has 4 rings (SSSR count). The Kier molecular flexibility index (Phi) is 4.66.